The first-order valence-electron chi connectivity index (χ1n) is 10.1. The van der Waals surface area contributed by atoms with Gasteiger partial charge in [0.05, 0.1) is 6.21 Å². The third-order valence-corrected chi connectivity index (χ3v) is 4.85. The van der Waals surface area contributed by atoms with Crippen LogP contribution in [0, 0.1) is 6.92 Å². The molecule has 3 rings (SSSR count). The van der Waals surface area contributed by atoms with Gasteiger partial charge in [-0.15, -0.1) is 0 Å². The minimum Gasteiger partial charge on any atom is -0.489 e. The monoisotopic (exact) mass is 449 g/mol. The van der Waals surface area contributed by atoms with Gasteiger partial charge in [0.2, 0.25) is 11.8 Å². The van der Waals surface area contributed by atoms with E-state index in [0.717, 1.165) is 28.1 Å². The van der Waals surface area contributed by atoms with E-state index in [4.69, 9.17) is 16.3 Å². The summed E-state index contributed by atoms with van der Waals surface area (Å²) in [5.41, 5.74) is 5.98. The van der Waals surface area contributed by atoms with Crippen LogP contribution in [0.1, 0.15) is 29.5 Å². The lowest BCUT2D eigenvalue weighted by Crippen LogP contribution is -2.20. The molecule has 32 heavy (non-hydrogen) atoms. The number of hydrazone groups is 1. The van der Waals surface area contributed by atoms with Crippen molar-refractivity contribution in [2.45, 2.75) is 26.4 Å². The normalized spacial score (nSPS) is 10.7. The first kappa shape index (κ1) is 23.0. The molecule has 3 aromatic rings. The van der Waals surface area contributed by atoms with Crippen LogP contribution in [0.3, 0.4) is 0 Å². The number of aryl methyl sites for hydroxylation is 1. The first-order valence-corrected chi connectivity index (χ1v) is 10.5. The second-order valence-electron chi connectivity index (χ2n) is 7.14. The number of nitrogens with one attached hydrogen (secondary N) is 2. The molecule has 0 heterocycles. The average molecular weight is 450 g/mol. The Morgan fingerprint density at radius 3 is 2.34 bits per heavy atom. The van der Waals surface area contributed by atoms with Crippen molar-refractivity contribution in [2.75, 3.05) is 5.32 Å². The third kappa shape index (κ3) is 7.56. The molecule has 0 spiro atoms. The zero-order chi connectivity index (χ0) is 22.8. The Kier molecular flexibility index (Phi) is 8.40. The van der Waals surface area contributed by atoms with E-state index >= 15 is 0 Å². The summed E-state index contributed by atoms with van der Waals surface area (Å²) < 4.78 is 5.74. The molecule has 0 saturated heterocycles. The fourth-order valence-corrected chi connectivity index (χ4v) is 2.91. The van der Waals surface area contributed by atoms with Crippen molar-refractivity contribution in [3.8, 4) is 5.75 Å². The molecule has 0 saturated carbocycles. The fourth-order valence-electron chi connectivity index (χ4n) is 2.79. The average Bonchev–Trinajstić information content (AvgIpc) is 2.80. The van der Waals surface area contributed by atoms with Crippen LogP contribution in [0.5, 0.6) is 5.75 Å². The van der Waals surface area contributed by atoms with Crippen molar-refractivity contribution in [3.05, 3.63) is 94.5 Å². The lowest BCUT2D eigenvalue weighted by Gasteiger charge is -2.07. The molecule has 2 amide bonds. The van der Waals surface area contributed by atoms with E-state index < -0.39 is 0 Å². The maximum Gasteiger partial charge on any atom is 0.240 e. The largest absolute Gasteiger partial charge is 0.489 e. The van der Waals surface area contributed by atoms with Gasteiger partial charge >= 0.3 is 0 Å². The number of carbonyl (C=O) groups excluding carboxylic acids is 2. The highest BCUT2D eigenvalue weighted by Gasteiger charge is 2.07. The standard InChI is InChI=1S/C25H24ClN3O3/c1-18-4-2-3-5-23(18)28-24(30)14-15-25(31)29-27-16-19-8-12-22(13-9-19)32-17-20-6-10-21(26)11-7-20/h2-13,16H,14-15,17H2,1H3,(H,28,30)(H,29,31). The van der Waals surface area contributed by atoms with E-state index in [1.54, 1.807) is 0 Å². The molecule has 0 aromatic heterocycles. The number of halogens is 1. The van der Waals surface area contributed by atoms with E-state index in [1.165, 1.54) is 6.21 Å². The molecule has 0 unspecified atom stereocenters. The smallest absolute Gasteiger partial charge is 0.240 e. The molecule has 0 aliphatic carbocycles. The number of amides is 2. The molecular weight excluding hydrogens is 426 g/mol. The van der Waals surface area contributed by atoms with Crippen molar-refractivity contribution in [3.63, 3.8) is 0 Å². The van der Waals surface area contributed by atoms with E-state index in [0.29, 0.717) is 11.6 Å². The number of anilines is 1. The van der Waals surface area contributed by atoms with Gasteiger partial charge in [0, 0.05) is 23.6 Å². The van der Waals surface area contributed by atoms with E-state index in [9.17, 15) is 9.59 Å². The molecule has 0 fully saturated rings. The minimum absolute atomic E-state index is 0.0481. The number of hydrogen-bond acceptors (Lipinski definition) is 4. The maximum absolute atomic E-state index is 12.0. The molecule has 6 nitrogen and oxygen atoms in total. The van der Waals surface area contributed by atoms with Crippen LogP contribution in [-0.4, -0.2) is 18.0 Å². The molecule has 164 valence electrons. The lowest BCUT2D eigenvalue weighted by molar-refractivity contribution is -0.124. The summed E-state index contributed by atoms with van der Waals surface area (Å²) in [4.78, 5) is 23.9. The molecule has 0 aliphatic rings. The number of rotatable bonds is 9. The van der Waals surface area contributed by atoms with Crippen molar-refractivity contribution in [1.82, 2.24) is 5.43 Å². The fraction of sp³-hybridized carbons (Fsp3) is 0.160. The van der Waals surface area contributed by atoms with Gasteiger partial charge in [0.25, 0.3) is 0 Å². The number of hydrogen-bond donors (Lipinski definition) is 2. The highest BCUT2D eigenvalue weighted by molar-refractivity contribution is 6.30. The highest BCUT2D eigenvalue weighted by atomic mass is 35.5. The molecule has 3 aromatic carbocycles. The van der Waals surface area contributed by atoms with Gasteiger partial charge in [-0.2, -0.15) is 5.10 Å². The molecule has 0 aliphatic heterocycles. The van der Waals surface area contributed by atoms with E-state index in [2.05, 4.69) is 15.8 Å². The molecule has 0 radical (unpaired) electrons. The molecule has 0 atom stereocenters. The van der Waals surface area contributed by atoms with Gasteiger partial charge in [-0.25, -0.2) is 5.43 Å². The number of benzene rings is 3. The molecular formula is C25H24ClN3O3. The second-order valence-corrected chi connectivity index (χ2v) is 7.58. The molecule has 0 bridgehead atoms. The number of carbonyl (C=O) groups is 2. The third-order valence-electron chi connectivity index (χ3n) is 4.60. The van der Waals surface area contributed by atoms with Gasteiger partial charge in [0.15, 0.2) is 0 Å². The number of ether oxygens (including phenoxy) is 1. The van der Waals surface area contributed by atoms with Crippen LogP contribution in [0.2, 0.25) is 5.02 Å². The molecule has 2 N–H and O–H groups in total. The van der Waals surface area contributed by atoms with Gasteiger partial charge in [-0.1, -0.05) is 41.9 Å². The van der Waals surface area contributed by atoms with Crippen LogP contribution in [-0.2, 0) is 16.2 Å². The first-order chi connectivity index (χ1) is 15.5. The Bertz CT molecular complexity index is 1080. The van der Waals surface area contributed by atoms with E-state index in [-0.39, 0.29) is 24.7 Å². The van der Waals surface area contributed by atoms with E-state index in [1.807, 2.05) is 79.7 Å². The summed E-state index contributed by atoms with van der Waals surface area (Å²) in [5, 5.41) is 7.43. The van der Waals surface area contributed by atoms with Crippen LogP contribution in [0.15, 0.2) is 77.9 Å². The quantitative estimate of drug-likeness (QED) is 0.352. The summed E-state index contributed by atoms with van der Waals surface area (Å²) >= 11 is 5.88. The summed E-state index contributed by atoms with van der Waals surface area (Å²) in [6, 6.07) is 22.3. The van der Waals surface area contributed by atoms with Crippen molar-refractivity contribution < 1.29 is 14.3 Å². The maximum atomic E-state index is 12.0. The predicted molar refractivity (Wildman–Crippen MR) is 127 cm³/mol. The summed E-state index contributed by atoms with van der Waals surface area (Å²) in [6.07, 6.45) is 1.66. The zero-order valence-electron chi connectivity index (χ0n) is 17.7. The SMILES string of the molecule is Cc1ccccc1NC(=O)CCC(=O)NN=Cc1ccc(OCc2ccc(Cl)cc2)cc1. The highest BCUT2D eigenvalue weighted by Crippen LogP contribution is 2.15. The number of para-hydroxylation sites is 1. The van der Waals surface area contributed by atoms with Gasteiger partial charge in [-0.05, 0) is 66.1 Å². The Hall–Kier alpha value is -3.64. The van der Waals surface area contributed by atoms with Gasteiger partial charge in [-0.3, -0.25) is 9.59 Å². The summed E-state index contributed by atoms with van der Waals surface area (Å²) in [7, 11) is 0. The Labute approximate surface area is 192 Å². The van der Waals surface area contributed by atoms with Gasteiger partial charge < -0.3 is 10.1 Å². The Morgan fingerprint density at radius 1 is 0.938 bits per heavy atom. The lowest BCUT2D eigenvalue weighted by atomic mass is 10.2. The number of nitrogens with zero attached hydrogens (tertiary/aromatic N) is 1. The van der Waals surface area contributed by atoms with Crippen molar-refractivity contribution in [2.24, 2.45) is 5.10 Å². The Balaban J connectivity index is 1.38. The topological polar surface area (TPSA) is 79.8 Å². The molecule has 7 heteroatoms. The predicted octanol–water partition coefficient (Wildman–Crippen LogP) is 5.10. The van der Waals surface area contributed by atoms with Crippen LogP contribution < -0.4 is 15.5 Å². The van der Waals surface area contributed by atoms with Crippen LogP contribution in [0.25, 0.3) is 0 Å². The van der Waals surface area contributed by atoms with Crippen molar-refractivity contribution in [1.29, 1.82) is 0 Å². The van der Waals surface area contributed by atoms with Crippen molar-refractivity contribution >= 4 is 35.3 Å². The van der Waals surface area contributed by atoms with Crippen LogP contribution in [0.4, 0.5) is 5.69 Å². The summed E-state index contributed by atoms with van der Waals surface area (Å²) in [6.45, 7) is 2.35. The van der Waals surface area contributed by atoms with Gasteiger partial charge in [0.1, 0.15) is 12.4 Å². The van der Waals surface area contributed by atoms with Crippen LogP contribution >= 0.6 is 11.6 Å². The Morgan fingerprint density at radius 2 is 1.62 bits per heavy atom. The second kappa shape index (κ2) is 11.7. The summed E-state index contributed by atoms with van der Waals surface area (Å²) in [5.74, 6) is 0.178. The zero-order valence-corrected chi connectivity index (χ0v) is 18.4. The minimum atomic E-state index is -0.330.